The molecular formula is C15H18O. The summed E-state index contributed by atoms with van der Waals surface area (Å²) in [6, 6.07) is 8.11. The molecule has 0 unspecified atom stereocenters. The van der Waals surface area contributed by atoms with Crippen LogP contribution in [-0.2, 0) is 6.42 Å². The summed E-state index contributed by atoms with van der Waals surface area (Å²) in [5.74, 6) is 1.59. The van der Waals surface area contributed by atoms with Crippen LogP contribution in [0.5, 0.6) is 5.75 Å². The van der Waals surface area contributed by atoms with Crippen LogP contribution >= 0.6 is 0 Å². The molecule has 0 N–H and O–H groups in total. The van der Waals surface area contributed by atoms with Crippen LogP contribution in [0.3, 0.4) is 0 Å². The zero-order valence-electron chi connectivity index (χ0n) is 9.94. The fourth-order valence-corrected chi connectivity index (χ4v) is 1.26. The van der Waals surface area contributed by atoms with Gasteiger partial charge in [-0.15, -0.1) is 0 Å². The Balaban J connectivity index is 2.74. The molecule has 0 heterocycles. The molecule has 0 aliphatic carbocycles. The highest BCUT2D eigenvalue weighted by molar-refractivity contribution is 5.30. The molecule has 0 aromatic heterocycles. The third-order valence-electron chi connectivity index (χ3n) is 2.22. The maximum atomic E-state index is 5.66. The molecule has 1 aromatic rings. The van der Waals surface area contributed by atoms with E-state index in [0.29, 0.717) is 0 Å². The second-order valence-corrected chi connectivity index (χ2v) is 3.40. The molecule has 0 bridgehead atoms. The van der Waals surface area contributed by atoms with Gasteiger partial charge in [0.1, 0.15) is 11.5 Å². The minimum atomic E-state index is 0.752. The minimum Gasteiger partial charge on any atom is -0.457 e. The Morgan fingerprint density at radius 1 is 1.31 bits per heavy atom. The minimum absolute atomic E-state index is 0.752. The molecule has 1 aromatic carbocycles. The summed E-state index contributed by atoms with van der Waals surface area (Å²) in [4.78, 5) is 0. The predicted octanol–water partition coefficient (Wildman–Crippen LogP) is 4.27. The first-order chi connectivity index (χ1) is 7.80. The Hall–Kier alpha value is -1.76. The topological polar surface area (TPSA) is 9.23 Å². The first-order valence-electron chi connectivity index (χ1n) is 5.52. The van der Waals surface area contributed by atoms with Crippen molar-refractivity contribution in [2.24, 2.45) is 0 Å². The Kier molecular flexibility index (Phi) is 5.13. The van der Waals surface area contributed by atoms with E-state index in [4.69, 9.17) is 4.74 Å². The molecule has 0 radical (unpaired) electrons. The van der Waals surface area contributed by atoms with Gasteiger partial charge >= 0.3 is 0 Å². The van der Waals surface area contributed by atoms with Crippen LogP contribution in [0, 0.1) is 0 Å². The summed E-state index contributed by atoms with van der Waals surface area (Å²) < 4.78 is 5.66. The first kappa shape index (κ1) is 12.3. The molecule has 16 heavy (non-hydrogen) atoms. The number of benzene rings is 1. The van der Waals surface area contributed by atoms with Gasteiger partial charge in [0.2, 0.25) is 0 Å². The van der Waals surface area contributed by atoms with Gasteiger partial charge in [0.25, 0.3) is 0 Å². The summed E-state index contributed by atoms with van der Waals surface area (Å²) in [5.41, 5.74) is 1.31. The van der Waals surface area contributed by atoms with Gasteiger partial charge in [-0.1, -0.05) is 37.8 Å². The van der Waals surface area contributed by atoms with Crippen LogP contribution in [0.4, 0.5) is 0 Å². The third-order valence-corrected chi connectivity index (χ3v) is 2.22. The largest absolute Gasteiger partial charge is 0.457 e. The molecule has 0 fully saturated rings. The molecule has 1 heteroatoms. The van der Waals surface area contributed by atoms with Gasteiger partial charge in [0.15, 0.2) is 0 Å². The van der Waals surface area contributed by atoms with E-state index in [1.165, 1.54) is 5.56 Å². The standard InChI is InChI=1S/C15H18O/c1-4-7-8-14(6-3)16-15-11-9-13(5-2)10-12-15/h4,6-12H,3,5H2,1-2H3/b7-4-,14-8+. The van der Waals surface area contributed by atoms with Crippen LogP contribution in [0.2, 0.25) is 0 Å². The normalized spacial score (nSPS) is 11.8. The maximum absolute atomic E-state index is 5.66. The van der Waals surface area contributed by atoms with Crippen LogP contribution in [0.15, 0.2) is 60.9 Å². The highest BCUT2D eigenvalue weighted by Gasteiger charge is 1.96. The van der Waals surface area contributed by atoms with Crippen molar-refractivity contribution in [1.82, 2.24) is 0 Å². The van der Waals surface area contributed by atoms with E-state index < -0.39 is 0 Å². The van der Waals surface area contributed by atoms with E-state index in [-0.39, 0.29) is 0 Å². The van der Waals surface area contributed by atoms with Crippen molar-refractivity contribution in [2.75, 3.05) is 0 Å². The van der Waals surface area contributed by atoms with E-state index in [0.717, 1.165) is 17.9 Å². The average Bonchev–Trinajstić information content (AvgIpc) is 2.35. The van der Waals surface area contributed by atoms with Crippen LogP contribution in [0.1, 0.15) is 19.4 Å². The number of rotatable bonds is 5. The van der Waals surface area contributed by atoms with E-state index in [2.05, 4.69) is 25.6 Å². The van der Waals surface area contributed by atoms with Gasteiger partial charge in [-0.25, -0.2) is 0 Å². The number of allylic oxidation sites excluding steroid dienone is 4. The lowest BCUT2D eigenvalue weighted by Crippen LogP contribution is -1.91. The molecule has 0 amide bonds. The van der Waals surface area contributed by atoms with Gasteiger partial charge in [-0.2, -0.15) is 0 Å². The van der Waals surface area contributed by atoms with Crippen molar-refractivity contribution in [3.63, 3.8) is 0 Å². The Morgan fingerprint density at radius 3 is 2.50 bits per heavy atom. The van der Waals surface area contributed by atoms with Gasteiger partial charge < -0.3 is 4.74 Å². The molecule has 0 spiro atoms. The van der Waals surface area contributed by atoms with Crippen molar-refractivity contribution >= 4 is 0 Å². The lowest BCUT2D eigenvalue weighted by Gasteiger charge is -2.06. The molecule has 1 nitrogen and oxygen atoms in total. The van der Waals surface area contributed by atoms with E-state index in [1.54, 1.807) is 6.08 Å². The number of hydrogen-bond acceptors (Lipinski definition) is 1. The van der Waals surface area contributed by atoms with Crippen LogP contribution in [0.25, 0.3) is 0 Å². The van der Waals surface area contributed by atoms with Crippen molar-refractivity contribution in [3.8, 4) is 5.75 Å². The van der Waals surface area contributed by atoms with Gasteiger partial charge in [-0.05, 0) is 43.2 Å². The predicted molar refractivity (Wildman–Crippen MR) is 69.5 cm³/mol. The Labute approximate surface area is 97.8 Å². The van der Waals surface area contributed by atoms with Crippen molar-refractivity contribution in [1.29, 1.82) is 0 Å². The molecule has 0 saturated heterocycles. The van der Waals surface area contributed by atoms with Gasteiger partial charge in [0.05, 0.1) is 0 Å². The van der Waals surface area contributed by atoms with Gasteiger partial charge in [-0.3, -0.25) is 0 Å². The molecule has 0 aliphatic rings. The summed E-state index contributed by atoms with van der Waals surface area (Å²) in [6.45, 7) is 7.82. The summed E-state index contributed by atoms with van der Waals surface area (Å²) >= 11 is 0. The number of aryl methyl sites for hydroxylation is 1. The smallest absolute Gasteiger partial charge is 0.127 e. The van der Waals surface area contributed by atoms with Crippen molar-refractivity contribution in [2.45, 2.75) is 20.3 Å². The molecular weight excluding hydrogens is 196 g/mol. The maximum Gasteiger partial charge on any atom is 0.127 e. The zero-order valence-corrected chi connectivity index (χ0v) is 9.94. The first-order valence-corrected chi connectivity index (χ1v) is 5.52. The summed E-state index contributed by atoms with van der Waals surface area (Å²) in [7, 11) is 0. The van der Waals surface area contributed by atoms with Gasteiger partial charge in [0, 0.05) is 0 Å². The molecule has 84 valence electrons. The van der Waals surface area contributed by atoms with Crippen LogP contribution < -0.4 is 4.74 Å². The second kappa shape index (κ2) is 6.67. The third kappa shape index (κ3) is 3.77. The lowest BCUT2D eigenvalue weighted by atomic mass is 10.2. The van der Waals surface area contributed by atoms with Crippen LogP contribution in [-0.4, -0.2) is 0 Å². The Bertz CT molecular complexity index is 382. The highest BCUT2D eigenvalue weighted by atomic mass is 16.5. The fraction of sp³-hybridized carbons (Fsp3) is 0.200. The van der Waals surface area contributed by atoms with Crippen molar-refractivity contribution < 1.29 is 4.74 Å². The SMILES string of the molecule is C=C/C(=C\C=C/C)Oc1ccc(CC)cc1. The van der Waals surface area contributed by atoms with Crippen molar-refractivity contribution in [3.05, 3.63) is 66.5 Å². The fourth-order valence-electron chi connectivity index (χ4n) is 1.26. The number of ether oxygens (including phenoxy) is 1. The van der Waals surface area contributed by atoms with E-state index >= 15 is 0 Å². The van der Waals surface area contributed by atoms with E-state index in [1.807, 2.05) is 37.3 Å². The monoisotopic (exact) mass is 214 g/mol. The quantitative estimate of drug-likeness (QED) is 0.525. The second-order valence-electron chi connectivity index (χ2n) is 3.40. The lowest BCUT2D eigenvalue weighted by molar-refractivity contribution is 0.444. The molecule has 0 atom stereocenters. The molecule has 0 aliphatic heterocycles. The average molecular weight is 214 g/mol. The summed E-state index contributed by atoms with van der Waals surface area (Å²) in [6.07, 6.45) is 8.52. The molecule has 0 saturated carbocycles. The highest BCUT2D eigenvalue weighted by Crippen LogP contribution is 2.15. The van der Waals surface area contributed by atoms with E-state index in [9.17, 15) is 0 Å². The summed E-state index contributed by atoms with van der Waals surface area (Å²) in [5, 5.41) is 0. The number of hydrogen-bond donors (Lipinski definition) is 0. The molecule has 1 rings (SSSR count). The Morgan fingerprint density at radius 2 is 2.00 bits per heavy atom. The zero-order chi connectivity index (χ0) is 11.8.